The van der Waals surface area contributed by atoms with Crippen molar-refractivity contribution in [1.29, 1.82) is 0 Å². The molecular formula is C13H13Cl2NOS. The number of aliphatic hydroxyl groups excluding tert-OH is 1. The fourth-order valence-electron chi connectivity index (χ4n) is 1.68. The molecule has 0 aliphatic carbocycles. The van der Waals surface area contributed by atoms with Crippen molar-refractivity contribution in [3.63, 3.8) is 0 Å². The summed E-state index contributed by atoms with van der Waals surface area (Å²) in [7, 11) is 0. The third kappa shape index (κ3) is 2.86. The normalized spacial score (nSPS) is 12.7. The highest BCUT2D eigenvalue weighted by Crippen LogP contribution is 2.32. The van der Waals surface area contributed by atoms with Gasteiger partial charge in [-0.3, -0.25) is 0 Å². The van der Waals surface area contributed by atoms with Crippen LogP contribution >= 0.6 is 34.5 Å². The zero-order valence-corrected chi connectivity index (χ0v) is 12.4. The van der Waals surface area contributed by atoms with Gasteiger partial charge < -0.3 is 5.11 Å². The first-order valence-corrected chi connectivity index (χ1v) is 7.11. The molecule has 1 heterocycles. The molecule has 96 valence electrons. The summed E-state index contributed by atoms with van der Waals surface area (Å²) in [4.78, 5) is 5.59. The SMILES string of the molecule is Cc1nc(CC(O)c2cccc(Cl)c2Cl)sc1C. The maximum absolute atomic E-state index is 10.2. The zero-order valence-electron chi connectivity index (χ0n) is 10.1. The highest BCUT2D eigenvalue weighted by Gasteiger charge is 2.16. The molecule has 0 aliphatic heterocycles. The number of halogens is 2. The molecule has 0 aliphatic rings. The second kappa shape index (κ2) is 5.57. The molecule has 2 aromatic rings. The number of aromatic nitrogens is 1. The van der Waals surface area contributed by atoms with Crippen molar-refractivity contribution >= 4 is 34.5 Å². The molecule has 0 radical (unpaired) electrons. The van der Waals surface area contributed by atoms with E-state index in [2.05, 4.69) is 4.98 Å². The third-order valence-corrected chi connectivity index (χ3v) is 4.71. The Bertz CT molecular complexity index is 549. The van der Waals surface area contributed by atoms with Gasteiger partial charge in [-0.15, -0.1) is 11.3 Å². The van der Waals surface area contributed by atoms with Gasteiger partial charge >= 0.3 is 0 Å². The maximum atomic E-state index is 10.2. The Kier molecular flexibility index (Phi) is 4.28. The van der Waals surface area contributed by atoms with Gasteiger partial charge in [-0.2, -0.15) is 0 Å². The first kappa shape index (κ1) is 13.8. The lowest BCUT2D eigenvalue weighted by Crippen LogP contribution is -2.02. The number of hydrogen-bond donors (Lipinski definition) is 1. The summed E-state index contributed by atoms with van der Waals surface area (Å²) in [6, 6.07) is 5.27. The molecule has 5 heteroatoms. The van der Waals surface area contributed by atoms with Gasteiger partial charge in [0.15, 0.2) is 0 Å². The molecule has 0 saturated carbocycles. The fourth-order valence-corrected chi connectivity index (χ4v) is 3.08. The molecule has 2 rings (SSSR count). The van der Waals surface area contributed by atoms with Crippen molar-refractivity contribution in [1.82, 2.24) is 4.98 Å². The molecular weight excluding hydrogens is 289 g/mol. The van der Waals surface area contributed by atoms with Crippen LogP contribution in [0.1, 0.15) is 27.2 Å². The number of aryl methyl sites for hydroxylation is 2. The topological polar surface area (TPSA) is 33.1 Å². The van der Waals surface area contributed by atoms with Gasteiger partial charge in [0.2, 0.25) is 0 Å². The molecule has 18 heavy (non-hydrogen) atoms. The Labute approximate surface area is 120 Å². The second-order valence-corrected chi connectivity index (χ2v) is 6.19. The predicted octanol–water partition coefficient (Wildman–Crippen LogP) is 4.34. The first-order chi connectivity index (χ1) is 8.49. The smallest absolute Gasteiger partial charge is 0.0960 e. The summed E-state index contributed by atoms with van der Waals surface area (Å²) in [5.41, 5.74) is 1.66. The van der Waals surface area contributed by atoms with E-state index in [4.69, 9.17) is 23.2 Å². The molecule has 0 spiro atoms. The van der Waals surface area contributed by atoms with Crippen LogP contribution in [-0.2, 0) is 6.42 Å². The monoisotopic (exact) mass is 301 g/mol. The van der Waals surface area contributed by atoms with E-state index in [-0.39, 0.29) is 0 Å². The van der Waals surface area contributed by atoms with Crippen molar-refractivity contribution in [2.24, 2.45) is 0 Å². The number of nitrogens with zero attached hydrogens (tertiary/aromatic N) is 1. The Morgan fingerprint density at radius 1 is 1.33 bits per heavy atom. The standard InChI is InChI=1S/C13H13Cl2NOS/c1-7-8(2)18-12(16-7)6-11(17)9-4-3-5-10(14)13(9)15/h3-5,11,17H,6H2,1-2H3. The van der Waals surface area contributed by atoms with Crippen LogP contribution < -0.4 is 0 Å². The van der Waals surface area contributed by atoms with Gasteiger partial charge in [0, 0.05) is 16.9 Å². The molecule has 0 amide bonds. The van der Waals surface area contributed by atoms with Crippen molar-refractivity contribution in [3.05, 3.63) is 49.4 Å². The second-order valence-electron chi connectivity index (χ2n) is 4.11. The van der Waals surface area contributed by atoms with Gasteiger partial charge in [-0.25, -0.2) is 4.98 Å². The lowest BCUT2D eigenvalue weighted by atomic mass is 10.1. The molecule has 0 fully saturated rings. The molecule has 0 saturated heterocycles. The van der Waals surface area contributed by atoms with Gasteiger partial charge in [0.25, 0.3) is 0 Å². The first-order valence-electron chi connectivity index (χ1n) is 5.54. The van der Waals surface area contributed by atoms with Crippen molar-refractivity contribution in [2.45, 2.75) is 26.4 Å². The quantitative estimate of drug-likeness (QED) is 0.914. The summed E-state index contributed by atoms with van der Waals surface area (Å²) in [6.07, 6.45) is -0.222. The van der Waals surface area contributed by atoms with E-state index in [0.717, 1.165) is 10.7 Å². The molecule has 2 nitrogen and oxygen atoms in total. The third-order valence-electron chi connectivity index (χ3n) is 2.78. The van der Waals surface area contributed by atoms with Crippen LogP contribution in [0.4, 0.5) is 0 Å². The minimum atomic E-state index is -0.679. The van der Waals surface area contributed by atoms with E-state index in [9.17, 15) is 5.11 Å². The highest BCUT2D eigenvalue weighted by atomic mass is 35.5. The fraction of sp³-hybridized carbons (Fsp3) is 0.308. The van der Waals surface area contributed by atoms with E-state index in [1.807, 2.05) is 13.8 Å². The summed E-state index contributed by atoms with van der Waals surface area (Å²) in [5.74, 6) is 0. The van der Waals surface area contributed by atoms with E-state index in [1.54, 1.807) is 29.5 Å². The van der Waals surface area contributed by atoms with Gasteiger partial charge in [-0.1, -0.05) is 35.3 Å². The Morgan fingerprint density at radius 3 is 2.67 bits per heavy atom. The van der Waals surface area contributed by atoms with E-state index >= 15 is 0 Å². The highest BCUT2D eigenvalue weighted by molar-refractivity contribution is 7.11. The summed E-state index contributed by atoms with van der Waals surface area (Å²) in [5, 5.41) is 12.0. The Hall–Kier alpha value is -0.610. The summed E-state index contributed by atoms with van der Waals surface area (Å²) in [6.45, 7) is 3.99. The Morgan fingerprint density at radius 2 is 2.06 bits per heavy atom. The van der Waals surface area contributed by atoms with Crippen LogP contribution in [0.5, 0.6) is 0 Å². The number of hydrogen-bond acceptors (Lipinski definition) is 3. The Balaban J connectivity index is 2.21. The molecule has 1 N–H and O–H groups in total. The van der Waals surface area contributed by atoms with E-state index < -0.39 is 6.10 Å². The number of thiazole rings is 1. The lowest BCUT2D eigenvalue weighted by Gasteiger charge is -2.11. The van der Waals surface area contributed by atoms with Crippen LogP contribution in [0.25, 0.3) is 0 Å². The van der Waals surface area contributed by atoms with Crippen LogP contribution in [0, 0.1) is 13.8 Å². The molecule has 1 aromatic heterocycles. The number of benzene rings is 1. The molecule has 1 atom stereocenters. The predicted molar refractivity (Wildman–Crippen MR) is 76.7 cm³/mol. The lowest BCUT2D eigenvalue weighted by molar-refractivity contribution is 0.178. The number of rotatable bonds is 3. The van der Waals surface area contributed by atoms with Crippen molar-refractivity contribution in [2.75, 3.05) is 0 Å². The van der Waals surface area contributed by atoms with Crippen molar-refractivity contribution in [3.8, 4) is 0 Å². The molecule has 1 unspecified atom stereocenters. The minimum absolute atomic E-state index is 0.414. The van der Waals surface area contributed by atoms with Gasteiger partial charge in [0.1, 0.15) is 0 Å². The van der Waals surface area contributed by atoms with E-state index in [1.165, 1.54) is 4.88 Å². The van der Waals surface area contributed by atoms with Crippen LogP contribution in [0.3, 0.4) is 0 Å². The van der Waals surface area contributed by atoms with Crippen LogP contribution in [0.2, 0.25) is 10.0 Å². The maximum Gasteiger partial charge on any atom is 0.0960 e. The average molecular weight is 302 g/mol. The minimum Gasteiger partial charge on any atom is -0.388 e. The number of aliphatic hydroxyl groups is 1. The van der Waals surface area contributed by atoms with Crippen LogP contribution in [-0.4, -0.2) is 10.1 Å². The summed E-state index contributed by atoms with van der Waals surface area (Å²) < 4.78 is 0. The van der Waals surface area contributed by atoms with Gasteiger partial charge in [0.05, 0.1) is 26.9 Å². The van der Waals surface area contributed by atoms with Gasteiger partial charge in [-0.05, 0) is 19.9 Å². The average Bonchev–Trinajstić information content (AvgIpc) is 2.61. The van der Waals surface area contributed by atoms with E-state index in [0.29, 0.717) is 22.0 Å². The van der Waals surface area contributed by atoms with Crippen LogP contribution in [0.15, 0.2) is 18.2 Å². The largest absolute Gasteiger partial charge is 0.388 e. The molecule has 0 bridgehead atoms. The zero-order chi connectivity index (χ0) is 13.3. The molecule has 1 aromatic carbocycles. The van der Waals surface area contributed by atoms with Crippen molar-refractivity contribution < 1.29 is 5.11 Å². The summed E-state index contributed by atoms with van der Waals surface area (Å²) >= 11 is 13.6.